The molecule has 0 aliphatic rings. The van der Waals surface area contributed by atoms with E-state index >= 15 is 0 Å². The van der Waals surface area contributed by atoms with Crippen molar-refractivity contribution in [1.29, 1.82) is 5.26 Å². The van der Waals surface area contributed by atoms with Crippen molar-refractivity contribution in [3.63, 3.8) is 0 Å². The largest absolute Gasteiger partial charge is 0.468 e. The molecule has 0 bridgehead atoms. The standard InChI is InChI=1S/C21H16N2O2S/c1-25-20(24)14-26-21-18(13-22)17(15-8-4-2-5-9-15)12-19(23-21)16-10-6-3-7-11-16/h2-12H,14H2,1H3. The second kappa shape index (κ2) is 8.32. The summed E-state index contributed by atoms with van der Waals surface area (Å²) in [4.78, 5) is 16.2. The molecule has 0 atom stereocenters. The van der Waals surface area contributed by atoms with E-state index in [-0.39, 0.29) is 11.7 Å². The minimum Gasteiger partial charge on any atom is -0.468 e. The molecule has 0 aliphatic heterocycles. The van der Waals surface area contributed by atoms with E-state index in [0.717, 1.165) is 22.4 Å². The third kappa shape index (κ3) is 3.93. The van der Waals surface area contributed by atoms with Crippen molar-refractivity contribution in [2.24, 2.45) is 0 Å². The first-order valence-electron chi connectivity index (χ1n) is 7.98. The lowest BCUT2D eigenvalue weighted by Crippen LogP contribution is -2.04. The molecule has 1 heterocycles. The van der Waals surface area contributed by atoms with Gasteiger partial charge in [-0.05, 0) is 11.6 Å². The molecule has 2 aromatic carbocycles. The molecular weight excluding hydrogens is 344 g/mol. The Labute approximate surface area is 156 Å². The minimum atomic E-state index is -0.355. The Kier molecular flexibility index (Phi) is 5.67. The van der Waals surface area contributed by atoms with Gasteiger partial charge in [-0.2, -0.15) is 5.26 Å². The first-order chi connectivity index (χ1) is 12.7. The van der Waals surface area contributed by atoms with Crippen LogP contribution in [0.1, 0.15) is 5.56 Å². The lowest BCUT2D eigenvalue weighted by Gasteiger charge is -2.12. The summed E-state index contributed by atoms with van der Waals surface area (Å²) < 4.78 is 4.70. The molecule has 1 aromatic heterocycles. The van der Waals surface area contributed by atoms with E-state index in [9.17, 15) is 10.1 Å². The van der Waals surface area contributed by atoms with Gasteiger partial charge in [-0.15, -0.1) is 0 Å². The Morgan fingerprint density at radius 2 is 1.69 bits per heavy atom. The normalized spacial score (nSPS) is 10.2. The number of benzene rings is 2. The first kappa shape index (κ1) is 17.7. The molecule has 0 saturated carbocycles. The van der Waals surface area contributed by atoms with Gasteiger partial charge < -0.3 is 4.74 Å². The highest BCUT2D eigenvalue weighted by Crippen LogP contribution is 2.34. The molecule has 0 spiro atoms. The van der Waals surface area contributed by atoms with Gasteiger partial charge in [-0.3, -0.25) is 4.79 Å². The molecule has 0 amide bonds. The van der Waals surface area contributed by atoms with Gasteiger partial charge in [0.1, 0.15) is 11.1 Å². The van der Waals surface area contributed by atoms with E-state index in [2.05, 4.69) is 11.1 Å². The van der Waals surface area contributed by atoms with E-state index in [1.807, 2.05) is 66.7 Å². The molecule has 0 unspecified atom stereocenters. The number of pyridine rings is 1. The number of hydrogen-bond donors (Lipinski definition) is 0. The zero-order valence-corrected chi connectivity index (χ0v) is 15.0. The van der Waals surface area contributed by atoms with E-state index in [0.29, 0.717) is 10.6 Å². The van der Waals surface area contributed by atoms with Crippen LogP contribution in [0.4, 0.5) is 0 Å². The zero-order chi connectivity index (χ0) is 18.4. The van der Waals surface area contributed by atoms with Crippen LogP contribution in [0.25, 0.3) is 22.4 Å². The number of nitrogens with zero attached hydrogens (tertiary/aromatic N) is 2. The Balaban J connectivity index is 2.15. The third-order valence-electron chi connectivity index (χ3n) is 3.81. The zero-order valence-electron chi connectivity index (χ0n) is 14.2. The molecule has 3 rings (SSSR count). The van der Waals surface area contributed by atoms with Crippen molar-refractivity contribution in [3.05, 3.63) is 72.3 Å². The van der Waals surface area contributed by atoms with Gasteiger partial charge in [-0.1, -0.05) is 72.4 Å². The predicted molar refractivity (Wildman–Crippen MR) is 103 cm³/mol. The number of esters is 1. The van der Waals surface area contributed by atoms with Crippen LogP contribution in [0, 0.1) is 11.3 Å². The number of aromatic nitrogens is 1. The van der Waals surface area contributed by atoms with Crippen molar-refractivity contribution in [1.82, 2.24) is 4.98 Å². The molecule has 4 nitrogen and oxygen atoms in total. The van der Waals surface area contributed by atoms with Crippen molar-refractivity contribution >= 4 is 17.7 Å². The van der Waals surface area contributed by atoms with Gasteiger partial charge in [0, 0.05) is 11.1 Å². The number of thioether (sulfide) groups is 1. The van der Waals surface area contributed by atoms with Gasteiger partial charge in [-0.25, -0.2) is 4.98 Å². The summed E-state index contributed by atoms with van der Waals surface area (Å²) in [6, 6.07) is 23.6. The summed E-state index contributed by atoms with van der Waals surface area (Å²) in [5.74, 6) is -0.253. The Morgan fingerprint density at radius 3 is 2.27 bits per heavy atom. The summed E-state index contributed by atoms with van der Waals surface area (Å²) in [6.45, 7) is 0. The lowest BCUT2D eigenvalue weighted by atomic mass is 9.99. The van der Waals surface area contributed by atoms with Crippen LogP contribution < -0.4 is 0 Å². The third-order valence-corrected chi connectivity index (χ3v) is 4.76. The van der Waals surface area contributed by atoms with Crippen LogP contribution in [0.3, 0.4) is 0 Å². The van der Waals surface area contributed by atoms with Gasteiger partial charge in [0.15, 0.2) is 0 Å². The second-order valence-electron chi connectivity index (χ2n) is 5.44. The summed E-state index contributed by atoms with van der Waals surface area (Å²) in [5.41, 5.74) is 3.91. The van der Waals surface area contributed by atoms with Crippen molar-refractivity contribution < 1.29 is 9.53 Å². The molecule has 5 heteroatoms. The molecule has 0 fully saturated rings. The highest BCUT2D eigenvalue weighted by Gasteiger charge is 2.16. The van der Waals surface area contributed by atoms with Crippen LogP contribution in [-0.2, 0) is 9.53 Å². The SMILES string of the molecule is COC(=O)CSc1nc(-c2ccccc2)cc(-c2ccccc2)c1C#N. The van der Waals surface area contributed by atoms with E-state index in [1.54, 1.807) is 0 Å². The van der Waals surface area contributed by atoms with E-state index in [4.69, 9.17) is 4.74 Å². The van der Waals surface area contributed by atoms with Gasteiger partial charge in [0.05, 0.1) is 24.1 Å². The number of ether oxygens (including phenoxy) is 1. The van der Waals surface area contributed by atoms with Crippen molar-refractivity contribution in [3.8, 4) is 28.5 Å². The number of methoxy groups -OCH3 is 1. The first-order valence-corrected chi connectivity index (χ1v) is 8.97. The summed E-state index contributed by atoms with van der Waals surface area (Å²) in [5, 5.41) is 10.3. The highest BCUT2D eigenvalue weighted by atomic mass is 32.2. The lowest BCUT2D eigenvalue weighted by molar-refractivity contribution is -0.137. The molecule has 3 aromatic rings. The number of carbonyl (C=O) groups is 1. The fourth-order valence-corrected chi connectivity index (χ4v) is 3.36. The van der Waals surface area contributed by atoms with Crippen LogP contribution in [0.15, 0.2) is 71.8 Å². The quantitative estimate of drug-likeness (QED) is 0.493. The smallest absolute Gasteiger partial charge is 0.316 e. The van der Waals surface area contributed by atoms with Gasteiger partial charge in [0.2, 0.25) is 0 Å². The monoisotopic (exact) mass is 360 g/mol. The average Bonchev–Trinajstić information content (AvgIpc) is 2.72. The molecule has 0 saturated heterocycles. The molecule has 0 N–H and O–H groups in total. The second-order valence-corrected chi connectivity index (χ2v) is 6.41. The average molecular weight is 360 g/mol. The number of rotatable bonds is 5. The minimum absolute atomic E-state index is 0.102. The molecule has 0 aliphatic carbocycles. The maximum atomic E-state index is 11.5. The Morgan fingerprint density at radius 1 is 1.08 bits per heavy atom. The summed E-state index contributed by atoms with van der Waals surface area (Å²) in [6.07, 6.45) is 0. The van der Waals surface area contributed by atoms with Gasteiger partial charge >= 0.3 is 5.97 Å². The topological polar surface area (TPSA) is 63.0 Å². The molecule has 26 heavy (non-hydrogen) atoms. The molecular formula is C21H16N2O2S. The van der Waals surface area contributed by atoms with E-state index in [1.165, 1.54) is 18.9 Å². The van der Waals surface area contributed by atoms with Crippen molar-refractivity contribution in [2.75, 3.05) is 12.9 Å². The molecule has 128 valence electrons. The van der Waals surface area contributed by atoms with Gasteiger partial charge in [0.25, 0.3) is 0 Å². The summed E-state index contributed by atoms with van der Waals surface area (Å²) in [7, 11) is 1.34. The van der Waals surface area contributed by atoms with Crippen LogP contribution in [0.5, 0.6) is 0 Å². The highest BCUT2D eigenvalue weighted by molar-refractivity contribution is 7.99. The Hall–Kier alpha value is -3.10. The maximum absolute atomic E-state index is 11.5. The Bertz CT molecular complexity index is 951. The van der Waals surface area contributed by atoms with Crippen LogP contribution in [0.2, 0.25) is 0 Å². The number of hydrogen-bond acceptors (Lipinski definition) is 5. The fourth-order valence-electron chi connectivity index (χ4n) is 2.52. The van der Waals surface area contributed by atoms with Crippen LogP contribution in [-0.4, -0.2) is 23.8 Å². The van der Waals surface area contributed by atoms with Crippen molar-refractivity contribution in [2.45, 2.75) is 5.03 Å². The van der Waals surface area contributed by atoms with E-state index < -0.39 is 0 Å². The maximum Gasteiger partial charge on any atom is 0.316 e. The fraction of sp³-hybridized carbons (Fsp3) is 0.0952. The molecule has 0 radical (unpaired) electrons. The number of carbonyl (C=O) groups excluding carboxylic acids is 1. The predicted octanol–water partition coefficient (Wildman–Crippen LogP) is 4.55. The van der Waals surface area contributed by atoms with Crippen LogP contribution >= 0.6 is 11.8 Å². The summed E-state index contributed by atoms with van der Waals surface area (Å²) >= 11 is 1.21. The number of nitriles is 1.